The number of aromatic nitrogens is 1. The van der Waals surface area contributed by atoms with Gasteiger partial charge in [-0.05, 0) is 40.9 Å². The second kappa shape index (κ2) is 5.27. The van der Waals surface area contributed by atoms with Crippen LogP contribution in [-0.2, 0) is 4.74 Å². The minimum atomic E-state index is -0.290. The summed E-state index contributed by atoms with van der Waals surface area (Å²) in [7, 11) is 0. The molecule has 86 valence electrons. The lowest BCUT2D eigenvalue weighted by Crippen LogP contribution is -2.37. The number of pyridine rings is 1. The number of urea groups is 1. The van der Waals surface area contributed by atoms with Gasteiger partial charge in [-0.15, -0.1) is 0 Å². The summed E-state index contributed by atoms with van der Waals surface area (Å²) in [6.45, 7) is 0.710. The summed E-state index contributed by atoms with van der Waals surface area (Å²) in [6, 6.07) is 3.25. The smallest absolute Gasteiger partial charge is 0.322 e. The van der Waals surface area contributed by atoms with E-state index in [-0.39, 0.29) is 12.3 Å². The molecule has 2 amide bonds. The van der Waals surface area contributed by atoms with Crippen LogP contribution in [0, 0.1) is 0 Å². The van der Waals surface area contributed by atoms with Gasteiger partial charge in [0.25, 0.3) is 0 Å². The number of hydrogen-bond acceptors (Lipinski definition) is 3. The molecule has 1 unspecified atom stereocenters. The normalized spacial score (nSPS) is 19.4. The molecule has 0 spiro atoms. The van der Waals surface area contributed by atoms with Crippen LogP contribution in [0.5, 0.6) is 0 Å². The van der Waals surface area contributed by atoms with Gasteiger partial charge in [0.2, 0.25) is 0 Å². The Balaban J connectivity index is 1.84. The fraction of sp³-hybridized carbons (Fsp3) is 0.400. The van der Waals surface area contributed by atoms with Crippen molar-refractivity contribution in [1.82, 2.24) is 10.3 Å². The lowest BCUT2D eigenvalue weighted by atomic mass is 10.3. The molecule has 1 aromatic rings. The molecule has 0 saturated carbocycles. The second-order valence-electron chi connectivity index (χ2n) is 3.46. The maximum absolute atomic E-state index is 11.5. The monoisotopic (exact) mass is 285 g/mol. The Morgan fingerprint density at radius 3 is 3.06 bits per heavy atom. The molecule has 1 saturated heterocycles. The van der Waals surface area contributed by atoms with Gasteiger partial charge in [0.1, 0.15) is 12.0 Å². The first-order valence-electron chi connectivity index (χ1n) is 5.05. The quantitative estimate of drug-likeness (QED) is 0.875. The number of nitrogens with one attached hydrogen (secondary N) is 2. The van der Waals surface area contributed by atoms with E-state index in [0.717, 1.165) is 17.3 Å². The second-order valence-corrected chi connectivity index (χ2v) is 4.38. The van der Waals surface area contributed by atoms with Gasteiger partial charge in [0, 0.05) is 17.3 Å². The third-order valence-corrected chi connectivity index (χ3v) is 2.66. The summed E-state index contributed by atoms with van der Waals surface area (Å²) < 4.78 is 6.15. The third kappa shape index (κ3) is 3.18. The van der Waals surface area contributed by atoms with Gasteiger partial charge >= 0.3 is 6.03 Å². The average Bonchev–Trinajstić information content (AvgIpc) is 2.74. The molecule has 1 fully saturated rings. The van der Waals surface area contributed by atoms with E-state index in [1.54, 1.807) is 12.3 Å². The Kier molecular flexibility index (Phi) is 3.74. The van der Waals surface area contributed by atoms with E-state index in [1.807, 2.05) is 6.07 Å². The summed E-state index contributed by atoms with van der Waals surface area (Å²) in [6.07, 6.45) is 3.31. The predicted molar refractivity (Wildman–Crippen MR) is 63.1 cm³/mol. The maximum Gasteiger partial charge on any atom is 0.322 e. The van der Waals surface area contributed by atoms with Crippen LogP contribution in [0.3, 0.4) is 0 Å². The summed E-state index contributed by atoms with van der Waals surface area (Å²) in [5.41, 5.74) is 0. The van der Waals surface area contributed by atoms with Crippen molar-refractivity contribution >= 4 is 27.8 Å². The fourth-order valence-electron chi connectivity index (χ4n) is 1.44. The van der Waals surface area contributed by atoms with Gasteiger partial charge in [-0.3, -0.25) is 5.32 Å². The zero-order chi connectivity index (χ0) is 11.4. The molecule has 16 heavy (non-hydrogen) atoms. The highest BCUT2D eigenvalue weighted by molar-refractivity contribution is 9.10. The SMILES string of the molecule is O=C(Nc1ccc(Br)cn1)NC1CCCO1. The zero-order valence-electron chi connectivity index (χ0n) is 8.57. The molecule has 2 rings (SSSR count). The number of ether oxygens (including phenoxy) is 1. The fourth-order valence-corrected chi connectivity index (χ4v) is 1.67. The number of halogens is 1. The van der Waals surface area contributed by atoms with Crippen LogP contribution in [-0.4, -0.2) is 23.8 Å². The lowest BCUT2D eigenvalue weighted by molar-refractivity contribution is 0.0928. The van der Waals surface area contributed by atoms with Gasteiger partial charge in [0.15, 0.2) is 0 Å². The molecule has 0 bridgehead atoms. The lowest BCUT2D eigenvalue weighted by Gasteiger charge is -2.12. The summed E-state index contributed by atoms with van der Waals surface area (Å²) in [5.74, 6) is 0.513. The number of carbonyl (C=O) groups excluding carboxylic acids is 1. The minimum Gasteiger partial charge on any atom is -0.358 e. The molecular weight excluding hydrogens is 274 g/mol. The van der Waals surface area contributed by atoms with Crippen molar-refractivity contribution < 1.29 is 9.53 Å². The zero-order valence-corrected chi connectivity index (χ0v) is 10.2. The van der Waals surface area contributed by atoms with Crippen molar-refractivity contribution in [3.63, 3.8) is 0 Å². The number of carbonyl (C=O) groups is 1. The van der Waals surface area contributed by atoms with Crippen molar-refractivity contribution in [2.24, 2.45) is 0 Å². The number of rotatable bonds is 2. The number of hydrogen-bond donors (Lipinski definition) is 2. The largest absolute Gasteiger partial charge is 0.358 e. The highest BCUT2D eigenvalue weighted by Gasteiger charge is 2.17. The highest BCUT2D eigenvalue weighted by atomic mass is 79.9. The van der Waals surface area contributed by atoms with Crippen LogP contribution in [0.1, 0.15) is 12.8 Å². The van der Waals surface area contributed by atoms with Crippen LogP contribution in [0.4, 0.5) is 10.6 Å². The van der Waals surface area contributed by atoms with Gasteiger partial charge in [0.05, 0.1) is 0 Å². The molecule has 6 heteroatoms. The van der Waals surface area contributed by atoms with E-state index in [9.17, 15) is 4.79 Å². The number of amides is 2. The number of nitrogens with zero attached hydrogens (tertiary/aromatic N) is 1. The summed E-state index contributed by atoms with van der Waals surface area (Å²) in [4.78, 5) is 15.5. The van der Waals surface area contributed by atoms with Crippen molar-refractivity contribution in [3.8, 4) is 0 Å². The first-order valence-corrected chi connectivity index (χ1v) is 5.84. The van der Waals surface area contributed by atoms with Gasteiger partial charge in [-0.25, -0.2) is 9.78 Å². The van der Waals surface area contributed by atoms with E-state index in [0.29, 0.717) is 12.4 Å². The molecule has 5 nitrogen and oxygen atoms in total. The predicted octanol–water partition coefficient (Wildman–Crippen LogP) is 2.10. The van der Waals surface area contributed by atoms with Crippen molar-refractivity contribution in [2.45, 2.75) is 19.1 Å². The molecule has 1 aliphatic rings. The first kappa shape index (κ1) is 11.3. The Morgan fingerprint density at radius 1 is 1.56 bits per heavy atom. The Labute approximate surface area is 102 Å². The standard InChI is InChI=1S/C10H12BrN3O2/c11-7-3-4-8(12-6-7)13-10(15)14-9-2-1-5-16-9/h3-4,6,9H,1-2,5H2,(H2,12,13,14,15). The van der Waals surface area contributed by atoms with E-state index in [2.05, 4.69) is 31.5 Å². The van der Waals surface area contributed by atoms with Crippen molar-refractivity contribution in [1.29, 1.82) is 0 Å². The van der Waals surface area contributed by atoms with Crippen LogP contribution < -0.4 is 10.6 Å². The third-order valence-electron chi connectivity index (χ3n) is 2.19. The first-order chi connectivity index (χ1) is 7.74. The van der Waals surface area contributed by atoms with E-state index < -0.39 is 0 Å². The molecular formula is C10H12BrN3O2. The Hall–Kier alpha value is -1.14. The maximum atomic E-state index is 11.5. The molecule has 1 atom stereocenters. The molecule has 0 aromatic carbocycles. The molecule has 2 heterocycles. The van der Waals surface area contributed by atoms with Gasteiger partial charge in [-0.1, -0.05) is 0 Å². The van der Waals surface area contributed by atoms with Crippen molar-refractivity contribution in [2.75, 3.05) is 11.9 Å². The molecule has 2 N–H and O–H groups in total. The van der Waals surface area contributed by atoms with E-state index in [4.69, 9.17) is 4.74 Å². The summed E-state index contributed by atoms with van der Waals surface area (Å²) in [5, 5.41) is 5.35. The minimum absolute atomic E-state index is 0.171. The number of anilines is 1. The topological polar surface area (TPSA) is 63.2 Å². The van der Waals surface area contributed by atoms with E-state index >= 15 is 0 Å². The molecule has 0 aliphatic carbocycles. The van der Waals surface area contributed by atoms with Crippen LogP contribution in [0.15, 0.2) is 22.8 Å². The molecule has 1 aliphatic heterocycles. The van der Waals surface area contributed by atoms with Crippen LogP contribution in [0.25, 0.3) is 0 Å². The average molecular weight is 286 g/mol. The van der Waals surface area contributed by atoms with Crippen LogP contribution >= 0.6 is 15.9 Å². The van der Waals surface area contributed by atoms with Crippen LogP contribution in [0.2, 0.25) is 0 Å². The van der Waals surface area contributed by atoms with Crippen molar-refractivity contribution in [3.05, 3.63) is 22.8 Å². The molecule has 1 aromatic heterocycles. The highest BCUT2D eigenvalue weighted by Crippen LogP contribution is 2.11. The Morgan fingerprint density at radius 2 is 2.44 bits per heavy atom. The van der Waals surface area contributed by atoms with E-state index in [1.165, 1.54) is 0 Å². The molecule has 0 radical (unpaired) electrons. The van der Waals surface area contributed by atoms with Gasteiger partial charge in [-0.2, -0.15) is 0 Å². The summed E-state index contributed by atoms with van der Waals surface area (Å²) >= 11 is 3.27. The van der Waals surface area contributed by atoms with Gasteiger partial charge < -0.3 is 10.1 Å². The Bertz CT molecular complexity index is 363.